The van der Waals surface area contributed by atoms with Gasteiger partial charge in [0.05, 0.1) is 18.0 Å². The lowest BCUT2D eigenvalue weighted by Gasteiger charge is -2.36. The number of carbonyl (C=O) groups is 1. The van der Waals surface area contributed by atoms with Crippen molar-refractivity contribution in [3.8, 4) is 11.3 Å². The van der Waals surface area contributed by atoms with Crippen molar-refractivity contribution in [3.05, 3.63) is 47.7 Å². The number of benzene rings is 1. The Kier molecular flexibility index (Phi) is 5.09. The molecule has 3 rings (SSSR count). The van der Waals surface area contributed by atoms with Gasteiger partial charge in [0.1, 0.15) is 11.5 Å². The maximum Gasteiger partial charge on any atom is 0.416 e. The lowest BCUT2D eigenvalue weighted by atomic mass is 9.90. The third-order valence-electron chi connectivity index (χ3n) is 4.93. The molecule has 1 aliphatic heterocycles. The summed E-state index contributed by atoms with van der Waals surface area (Å²) in [4.78, 5) is 13.4. The molecule has 0 amide bonds. The first-order valence-corrected chi connectivity index (χ1v) is 8.49. The van der Waals surface area contributed by atoms with E-state index in [4.69, 9.17) is 4.42 Å². The van der Waals surface area contributed by atoms with Gasteiger partial charge in [0.25, 0.3) is 0 Å². The van der Waals surface area contributed by atoms with Crippen LogP contribution >= 0.6 is 0 Å². The monoisotopic (exact) mass is 367 g/mol. The SMILES string of the molecule is C[C@@H]1[C@H](C(=O)O)CCCN1Cc1ccc(-c2cccc(C(F)(F)F)c2)o1. The summed E-state index contributed by atoms with van der Waals surface area (Å²) in [5.74, 6) is -0.242. The smallest absolute Gasteiger partial charge is 0.416 e. The Labute approximate surface area is 149 Å². The van der Waals surface area contributed by atoms with Crippen molar-refractivity contribution in [3.63, 3.8) is 0 Å². The number of hydrogen-bond acceptors (Lipinski definition) is 3. The summed E-state index contributed by atoms with van der Waals surface area (Å²) in [6, 6.07) is 8.26. The Balaban J connectivity index is 1.75. The highest BCUT2D eigenvalue weighted by atomic mass is 19.4. The molecule has 1 aromatic heterocycles. The minimum Gasteiger partial charge on any atom is -0.481 e. The highest BCUT2D eigenvalue weighted by Gasteiger charge is 2.33. The largest absolute Gasteiger partial charge is 0.481 e. The fraction of sp³-hybridized carbons (Fsp3) is 0.421. The number of rotatable bonds is 4. The van der Waals surface area contributed by atoms with Gasteiger partial charge in [-0.1, -0.05) is 12.1 Å². The van der Waals surface area contributed by atoms with Crippen LogP contribution in [-0.2, 0) is 17.5 Å². The van der Waals surface area contributed by atoms with Gasteiger partial charge in [-0.3, -0.25) is 9.69 Å². The van der Waals surface area contributed by atoms with E-state index >= 15 is 0 Å². The second-order valence-corrected chi connectivity index (χ2v) is 6.64. The van der Waals surface area contributed by atoms with Crippen LogP contribution in [0.15, 0.2) is 40.8 Å². The summed E-state index contributed by atoms with van der Waals surface area (Å²) in [6.07, 6.45) is -2.95. The second kappa shape index (κ2) is 7.15. The first kappa shape index (κ1) is 18.5. The van der Waals surface area contributed by atoms with Gasteiger partial charge in [0.15, 0.2) is 0 Å². The van der Waals surface area contributed by atoms with E-state index in [9.17, 15) is 23.1 Å². The highest BCUT2D eigenvalue weighted by Crippen LogP contribution is 2.33. The number of furan rings is 1. The molecule has 7 heteroatoms. The summed E-state index contributed by atoms with van der Waals surface area (Å²) >= 11 is 0. The Morgan fingerprint density at radius 2 is 2.08 bits per heavy atom. The normalized spacial score (nSPS) is 21.7. The molecular formula is C19H20F3NO3. The molecule has 4 nitrogen and oxygen atoms in total. The molecule has 0 saturated carbocycles. The molecule has 1 aromatic carbocycles. The Hall–Kier alpha value is -2.28. The minimum atomic E-state index is -4.40. The van der Waals surface area contributed by atoms with Gasteiger partial charge < -0.3 is 9.52 Å². The van der Waals surface area contributed by atoms with Gasteiger partial charge in [-0.15, -0.1) is 0 Å². The highest BCUT2D eigenvalue weighted by molar-refractivity contribution is 5.71. The zero-order valence-electron chi connectivity index (χ0n) is 14.3. The van der Waals surface area contributed by atoms with Crippen LogP contribution in [-0.4, -0.2) is 28.6 Å². The van der Waals surface area contributed by atoms with Crippen LogP contribution in [0.25, 0.3) is 11.3 Å². The zero-order chi connectivity index (χ0) is 18.9. The lowest BCUT2D eigenvalue weighted by molar-refractivity contribution is -0.146. The van der Waals surface area contributed by atoms with Crippen LogP contribution in [0.2, 0.25) is 0 Å². The standard InChI is InChI=1S/C19H20F3NO3/c1-12-16(18(24)25)6-3-9-23(12)11-15-7-8-17(26-15)13-4-2-5-14(10-13)19(20,21)22/h2,4-5,7-8,10,12,16H,3,6,9,11H2,1H3,(H,24,25)/t12-,16-/m1/s1. The number of carboxylic acids is 1. The molecule has 0 spiro atoms. The number of piperidine rings is 1. The molecule has 140 valence electrons. The third-order valence-corrected chi connectivity index (χ3v) is 4.93. The minimum absolute atomic E-state index is 0.122. The average molecular weight is 367 g/mol. The number of halogens is 3. The molecule has 1 fully saturated rings. The zero-order valence-corrected chi connectivity index (χ0v) is 14.3. The quantitative estimate of drug-likeness (QED) is 0.855. The van der Waals surface area contributed by atoms with Crippen molar-refractivity contribution < 1.29 is 27.5 Å². The lowest BCUT2D eigenvalue weighted by Crippen LogP contribution is -2.45. The van der Waals surface area contributed by atoms with E-state index in [2.05, 4.69) is 0 Å². The van der Waals surface area contributed by atoms with Gasteiger partial charge in [0.2, 0.25) is 0 Å². The molecule has 1 aliphatic rings. The number of hydrogen-bond donors (Lipinski definition) is 1. The number of alkyl halides is 3. The van der Waals surface area contributed by atoms with Crippen LogP contribution < -0.4 is 0 Å². The van der Waals surface area contributed by atoms with E-state index < -0.39 is 23.6 Å². The van der Waals surface area contributed by atoms with Crippen molar-refractivity contribution in [2.75, 3.05) is 6.54 Å². The molecule has 2 atom stereocenters. The molecule has 1 saturated heterocycles. The predicted octanol–water partition coefficient (Wildman–Crippen LogP) is 4.65. The summed E-state index contributed by atoms with van der Waals surface area (Å²) in [6.45, 7) is 3.09. The van der Waals surface area contributed by atoms with Crippen molar-refractivity contribution in [2.24, 2.45) is 5.92 Å². The summed E-state index contributed by atoms with van der Waals surface area (Å²) in [5.41, 5.74) is -0.358. The molecule has 1 N–H and O–H groups in total. The third kappa shape index (κ3) is 3.93. The Morgan fingerprint density at radius 1 is 1.31 bits per heavy atom. The maximum atomic E-state index is 12.9. The van der Waals surface area contributed by atoms with Gasteiger partial charge in [0, 0.05) is 11.6 Å². The van der Waals surface area contributed by atoms with Gasteiger partial charge in [-0.05, 0) is 50.6 Å². The van der Waals surface area contributed by atoms with E-state index in [0.717, 1.165) is 25.1 Å². The van der Waals surface area contributed by atoms with Crippen LogP contribution in [0.3, 0.4) is 0 Å². The van der Waals surface area contributed by atoms with Crippen LogP contribution in [0.4, 0.5) is 13.2 Å². The Bertz CT molecular complexity index is 784. The van der Waals surface area contributed by atoms with Crippen LogP contribution in [0, 0.1) is 5.92 Å². The molecule has 0 radical (unpaired) electrons. The molecule has 0 aliphatic carbocycles. The number of nitrogens with zero attached hydrogens (tertiary/aromatic N) is 1. The molecular weight excluding hydrogens is 347 g/mol. The molecule has 0 bridgehead atoms. The first-order chi connectivity index (χ1) is 12.3. The number of carboxylic acid groups (broad SMARTS) is 1. The molecule has 0 unspecified atom stereocenters. The van der Waals surface area contributed by atoms with Crippen LogP contribution in [0.5, 0.6) is 0 Å². The molecule has 26 heavy (non-hydrogen) atoms. The van der Waals surface area contributed by atoms with Crippen molar-refractivity contribution in [2.45, 2.75) is 38.5 Å². The predicted molar refractivity (Wildman–Crippen MR) is 89.4 cm³/mol. The number of aliphatic carboxylic acids is 1. The first-order valence-electron chi connectivity index (χ1n) is 8.49. The van der Waals surface area contributed by atoms with Gasteiger partial charge in [-0.2, -0.15) is 13.2 Å². The summed E-state index contributed by atoms with van der Waals surface area (Å²) in [5, 5.41) is 9.30. The fourth-order valence-corrected chi connectivity index (χ4v) is 3.43. The maximum absolute atomic E-state index is 12.9. The summed E-state index contributed by atoms with van der Waals surface area (Å²) < 4.78 is 44.3. The van der Waals surface area contributed by atoms with E-state index in [1.165, 1.54) is 6.07 Å². The van der Waals surface area contributed by atoms with Gasteiger partial charge >= 0.3 is 12.1 Å². The average Bonchev–Trinajstić information content (AvgIpc) is 3.04. The number of likely N-dealkylation sites (tertiary alicyclic amines) is 1. The van der Waals surface area contributed by atoms with Crippen LogP contribution in [0.1, 0.15) is 31.1 Å². The molecule has 2 heterocycles. The summed E-state index contributed by atoms with van der Waals surface area (Å²) in [7, 11) is 0. The van der Waals surface area contributed by atoms with Crippen molar-refractivity contribution in [1.29, 1.82) is 0 Å². The van der Waals surface area contributed by atoms with E-state index in [0.29, 0.717) is 30.0 Å². The van der Waals surface area contributed by atoms with Crippen molar-refractivity contribution in [1.82, 2.24) is 4.90 Å². The fourth-order valence-electron chi connectivity index (χ4n) is 3.43. The Morgan fingerprint density at radius 3 is 2.77 bits per heavy atom. The second-order valence-electron chi connectivity index (χ2n) is 6.64. The topological polar surface area (TPSA) is 53.7 Å². The van der Waals surface area contributed by atoms with E-state index in [1.807, 2.05) is 11.8 Å². The van der Waals surface area contributed by atoms with E-state index in [1.54, 1.807) is 18.2 Å². The molecule has 2 aromatic rings. The van der Waals surface area contributed by atoms with E-state index in [-0.39, 0.29) is 6.04 Å². The van der Waals surface area contributed by atoms with Crippen molar-refractivity contribution >= 4 is 5.97 Å². The van der Waals surface area contributed by atoms with Gasteiger partial charge in [-0.25, -0.2) is 0 Å².